The average Bonchev–Trinajstić information content (AvgIpc) is 2.79. The molecule has 3 rings (SSSR count). The number of aryl methyl sites for hydroxylation is 2. The predicted molar refractivity (Wildman–Crippen MR) is 118 cm³/mol. The molecular formula is C24H28ClF3O4. The number of carbonyl (C=O) groups excluding carboxylic acids is 1. The number of hydrogen-bond acceptors (Lipinski definition) is 4. The van der Waals surface area contributed by atoms with Crippen LogP contribution in [0.2, 0.25) is 5.02 Å². The van der Waals surface area contributed by atoms with Crippen LogP contribution in [0, 0.1) is 0 Å². The van der Waals surface area contributed by atoms with E-state index in [-0.39, 0.29) is 5.75 Å². The Morgan fingerprint density at radius 3 is 2.50 bits per heavy atom. The smallest absolute Gasteiger partial charge is 0.422 e. The fourth-order valence-corrected chi connectivity index (χ4v) is 3.41. The maximum absolute atomic E-state index is 12.2. The van der Waals surface area contributed by atoms with Crippen LogP contribution in [0.25, 0.3) is 0 Å². The van der Waals surface area contributed by atoms with E-state index in [0.29, 0.717) is 36.0 Å². The molecular weight excluding hydrogens is 445 g/mol. The third-order valence-electron chi connectivity index (χ3n) is 4.70. The first-order chi connectivity index (χ1) is 15.3. The maximum Gasteiger partial charge on any atom is 0.422 e. The molecule has 0 spiro atoms. The van der Waals surface area contributed by atoms with Crippen LogP contribution < -0.4 is 14.2 Å². The summed E-state index contributed by atoms with van der Waals surface area (Å²) < 4.78 is 52.7. The molecule has 1 unspecified atom stereocenters. The van der Waals surface area contributed by atoms with Crippen LogP contribution >= 0.6 is 11.6 Å². The number of alkyl halides is 3. The van der Waals surface area contributed by atoms with Crippen molar-refractivity contribution >= 4 is 17.9 Å². The van der Waals surface area contributed by atoms with Gasteiger partial charge in [-0.05, 0) is 61.4 Å². The standard InChI is InChI=1S/C22H22ClF3O4.C2H6/c23-20-11-17(29-14-22(24,25)26)7-4-15(20)3-1-2-10-28-18-8-5-16-6-9-19(13-27)30-21(16)12-18;1-2/h4-5,7-8,11-13,19H,1-3,6,9-10,14H2;1-2H3. The van der Waals surface area contributed by atoms with Crippen LogP contribution in [0.1, 0.15) is 44.2 Å². The van der Waals surface area contributed by atoms with Gasteiger partial charge in [0.1, 0.15) is 17.2 Å². The zero-order valence-electron chi connectivity index (χ0n) is 18.2. The number of unbranched alkanes of at least 4 members (excludes halogenated alkanes) is 1. The Bertz CT molecular complexity index is 871. The van der Waals surface area contributed by atoms with Crippen molar-refractivity contribution in [2.75, 3.05) is 13.2 Å². The SMILES string of the molecule is CC.O=CC1CCc2ccc(OCCCCc3ccc(OCC(F)(F)F)cc3Cl)cc2O1. The zero-order chi connectivity index (χ0) is 23.6. The zero-order valence-corrected chi connectivity index (χ0v) is 19.0. The van der Waals surface area contributed by atoms with Gasteiger partial charge in [0.15, 0.2) is 19.0 Å². The van der Waals surface area contributed by atoms with Crippen LogP contribution in [-0.4, -0.2) is 31.8 Å². The number of fused-ring (bicyclic) bond motifs is 1. The molecule has 8 heteroatoms. The van der Waals surface area contributed by atoms with Gasteiger partial charge in [-0.25, -0.2) is 0 Å². The Hall–Kier alpha value is -2.41. The Morgan fingerprint density at radius 1 is 1.09 bits per heavy atom. The third kappa shape index (κ3) is 8.26. The van der Waals surface area contributed by atoms with E-state index >= 15 is 0 Å². The predicted octanol–water partition coefficient (Wildman–Crippen LogP) is 6.60. The first-order valence-electron chi connectivity index (χ1n) is 10.7. The van der Waals surface area contributed by atoms with Crippen LogP contribution in [0.3, 0.4) is 0 Å². The van der Waals surface area contributed by atoms with Crippen molar-refractivity contribution < 1.29 is 32.2 Å². The van der Waals surface area contributed by atoms with E-state index in [9.17, 15) is 18.0 Å². The minimum atomic E-state index is -4.38. The highest BCUT2D eigenvalue weighted by Gasteiger charge is 2.28. The molecule has 176 valence electrons. The minimum absolute atomic E-state index is 0.0934. The van der Waals surface area contributed by atoms with E-state index in [1.54, 1.807) is 6.07 Å². The monoisotopic (exact) mass is 472 g/mol. The minimum Gasteiger partial charge on any atom is -0.493 e. The summed E-state index contributed by atoms with van der Waals surface area (Å²) in [7, 11) is 0. The topological polar surface area (TPSA) is 44.8 Å². The number of benzene rings is 2. The molecule has 1 atom stereocenters. The van der Waals surface area contributed by atoms with Gasteiger partial charge in [-0.1, -0.05) is 37.6 Å². The molecule has 0 fully saturated rings. The Balaban J connectivity index is 0.00000176. The quantitative estimate of drug-likeness (QED) is 0.304. The van der Waals surface area contributed by atoms with Gasteiger partial charge in [0.05, 0.1) is 6.61 Å². The molecule has 1 heterocycles. The Morgan fingerprint density at radius 2 is 1.81 bits per heavy atom. The van der Waals surface area contributed by atoms with Crippen LogP contribution in [-0.2, 0) is 17.6 Å². The van der Waals surface area contributed by atoms with Gasteiger partial charge in [0, 0.05) is 11.1 Å². The van der Waals surface area contributed by atoms with Gasteiger partial charge in [0.25, 0.3) is 0 Å². The molecule has 0 amide bonds. The fraction of sp³-hybridized carbons (Fsp3) is 0.458. The Labute approximate surface area is 191 Å². The summed E-state index contributed by atoms with van der Waals surface area (Å²) in [6, 6.07) is 10.2. The number of aldehydes is 1. The molecule has 32 heavy (non-hydrogen) atoms. The number of carbonyl (C=O) groups is 1. The lowest BCUT2D eigenvalue weighted by Crippen LogP contribution is -2.23. The Kier molecular flexibility index (Phi) is 10.2. The van der Waals surface area contributed by atoms with Gasteiger partial charge < -0.3 is 14.2 Å². The lowest BCUT2D eigenvalue weighted by molar-refractivity contribution is -0.153. The van der Waals surface area contributed by atoms with Crippen LogP contribution in [0.5, 0.6) is 17.2 Å². The van der Waals surface area contributed by atoms with E-state index in [1.807, 2.05) is 32.0 Å². The molecule has 2 aromatic carbocycles. The summed E-state index contributed by atoms with van der Waals surface area (Å²) in [6.45, 7) is 3.16. The molecule has 1 aliphatic rings. The first-order valence-corrected chi connectivity index (χ1v) is 11.1. The average molecular weight is 473 g/mol. The van der Waals surface area contributed by atoms with Crippen LogP contribution in [0.15, 0.2) is 36.4 Å². The molecule has 0 bridgehead atoms. The highest BCUT2D eigenvalue weighted by atomic mass is 35.5. The van der Waals surface area contributed by atoms with Crippen molar-refractivity contribution in [3.63, 3.8) is 0 Å². The highest BCUT2D eigenvalue weighted by Crippen LogP contribution is 2.31. The van der Waals surface area contributed by atoms with Crippen molar-refractivity contribution in [3.05, 3.63) is 52.5 Å². The molecule has 0 saturated carbocycles. The van der Waals surface area contributed by atoms with E-state index in [1.165, 1.54) is 12.1 Å². The second-order valence-corrected chi connectivity index (χ2v) is 7.47. The second kappa shape index (κ2) is 12.6. The van der Waals surface area contributed by atoms with Crippen molar-refractivity contribution in [1.29, 1.82) is 0 Å². The normalized spacial score (nSPS) is 15.0. The molecule has 0 aromatic heterocycles. The third-order valence-corrected chi connectivity index (χ3v) is 5.06. The van der Waals surface area contributed by atoms with Gasteiger partial charge in [-0.15, -0.1) is 0 Å². The summed E-state index contributed by atoms with van der Waals surface area (Å²) in [5, 5.41) is 0.382. The molecule has 2 aromatic rings. The molecule has 0 saturated heterocycles. The van der Waals surface area contributed by atoms with Gasteiger partial charge >= 0.3 is 6.18 Å². The highest BCUT2D eigenvalue weighted by molar-refractivity contribution is 6.31. The van der Waals surface area contributed by atoms with Crippen LogP contribution in [0.4, 0.5) is 13.2 Å². The van der Waals surface area contributed by atoms with Gasteiger partial charge in [-0.2, -0.15) is 13.2 Å². The fourth-order valence-electron chi connectivity index (χ4n) is 3.15. The number of rotatable bonds is 9. The van der Waals surface area contributed by atoms with Crippen molar-refractivity contribution in [2.24, 2.45) is 0 Å². The summed E-state index contributed by atoms with van der Waals surface area (Å²) in [4.78, 5) is 10.9. The largest absolute Gasteiger partial charge is 0.493 e. The molecule has 1 aliphatic heterocycles. The van der Waals surface area contributed by atoms with E-state index < -0.39 is 18.9 Å². The molecule has 0 radical (unpaired) electrons. The number of halogens is 4. The molecule has 0 aliphatic carbocycles. The maximum atomic E-state index is 12.2. The summed E-state index contributed by atoms with van der Waals surface area (Å²) in [5.41, 5.74) is 1.91. The summed E-state index contributed by atoms with van der Waals surface area (Å²) in [5.74, 6) is 1.47. The number of hydrogen-bond donors (Lipinski definition) is 0. The second-order valence-electron chi connectivity index (χ2n) is 7.06. The summed E-state index contributed by atoms with van der Waals surface area (Å²) >= 11 is 6.15. The van der Waals surface area contributed by atoms with E-state index in [4.69, 9.17) is 25.8 Å². The lowest BCUT2D eigenvalue weighted by atomic mass is 10.0. The van der Waals surface area contributed by atoms with E-state index in [0.717, 1.165) is 36.7 Å². The van der Waals surface area contributed by atoms with Gasteiger partial charge in [-0.3, -0.25) is 4.79 Å². The van der Waals surface area contributed by atoms with E-state index in [2.05, 4.69) is 0 Å². The number of ether oxygens (including phenoxy) is 3. The summed E-state index contributed by atoms with van der Waals surface area (Å²) in [6.07, 6.45) is -0.218. The first kappa shape index (κ1) is 25.8. The van der Waals surface area contributed by atoms with Crippen molar-refractivity contribution in [1.82, 2.24) is 0 Å². The van der Waals surface area contributed by atoms with Gasteiger partial charge in [0.2, 0.25) is 0 Å². The van der Waals surface area contributed by atoms with Crippen molar-refractivity contribution in [3.8, 4) is 17.2 Å². The lowest BCUT2D eigenvalue weighted by Gasteiger charge is -2.22. The molecule has 0 N–H and O–H groups in total. The molecule has 4 nitrogen and oxygen atoms in total. The van der Waals surface area contributed by atoms with Crippen molar-refractivity contribution in [2.45, 2.75) is 58.2 Å².